The van der Waals surface area contributed by atoms with Gasteiger partial charge in [-0.25, -0.2) is 4.79 Å². The molecule has 104 valence electrons. The van der Waals surface area contributed by atoms with E-state index < -0.39 is 6.10 Å². The highest BCUT2D eigenvalue weighted by Gasteiger charge is 2.22. The molecular weight excluding hydrogens is 252 g/mol. The maximum atomic E-state index is 12.2. The van der Waals surface area contributed by atoms with Gasteiger partial charge in [-0.05, 0) is 18.1 Å². The molecule has 0 bridgehead atoms. The molecule has 0 unspecified atom stereocenters. The predicted molar refractivity (Wildman–Crippen MR) is 77.0 cm³/mol. The van der Waals surface area contributed by atoms with Gasteiger partial charge in [0.2, 0.25) is 0 Å². The van der Waals surface area contributed by atoms with Crippen LogP contribution < -0.4 is 0 Å². The second kappa shape index (κ2) is 7.46. The number of hydrogen-bond donors (Lipinski definition) is 0. The first-order chi connectivity index (χ1) is 9.81. The van der Waals surface area contributed by atoms with Crippen molar-refractivity contribution in [1.29, 1.82) is 0 Å². The summed E-state index contributed by atoms with van der Waals surface area (Å²) in [5, 5.41) is 0. The molecule has 0 aliphatic heterocycles. The lowest BCUT2D eigenvalue weighted by Gasteiger charge is -2.16. The maximum absolute atomic E-state index is 12.2. The van der Waals surface area contributed by atoms with Gasteiger partial charge in [0.15, 0.2) is 6.10 Å². The van der Waals surface area contributed by atoms with Gasteiger partial charge in [-0.3, -0.25) is 0 Å². The first-order valence-electron chi connectivity index (χ1n) is 6.68. The molecule has 0 aliphatic carbocycles. The summed E-state index contributed by atoms with van der Waals surface area (Å²) in [6, 6.07) is 19.0. The van der Waals surface area contributed by atoms with Crippen LogP contribution in [0, 0.1) is 0 Å². The minimum Gasteiger partial charge on any atom is -0.459 e. The summed E-state index contributed by atoms with van der Waals surface area (Å²) < 4.78 is 10.8. The number of carbonyl (C=O) groups excluding carboxylic acids is 1. The molecule has 0 spiro atoms. The topological polar surface area (TPSA) is 35.5 Å². The molecule has 3 nitrogen and oxygen atoms in total. The van der Waals surface area contributed by atoms with Gasteiger partial charge in [0.05, 0.1) is 0 Å². The molecule has 0 aromatic heterocycles. The van der Waals surface area contributed by atoms with Crippen LogP contribution >= 0.6 is 0 Å². The van der Waals surface area contributed by atoms with E-state index in [2.05, 4.69) is 0 Å². The molecule has 0 amide bonds. The van der Waals surface area contributed by atoms with Crippen molar-refractivity contribution in [2.45, 2.75) is 19.6 Å². The average Bonchev–Trinajstić information content (AvgIpc) is 2.52. The highest BCUT2D eigenvalue weighted by Crippen LogP contribution is 2.19. The molecule has 0 N–H and O–H groups in total. The second-order valence-corrected chi connectivity index (χ2v) is 4.34. The Labute approximate surface area is 119 Å². The third-order valence-corrected chi connectivity index (χ3v) is 2.87. The van der Waals surface area contributed by atoms with Crippen molar-refractivity contribution in [2.75, 3.05) is 6.61 Å². The average molecular weight is 270 g/mol. The lowest BCUT2D eigenvalue weighted by molar-refractivity contribution is -0.158. The van der Waals surface area contributed by atoms with E-state index in [4.69, 9.17) is 9.47 Å². The highest BCUT2D eigenvalue weighted by molar-refractivity contribution is 5.76. The van der Waals surface area contributed by atoms with Crippen LogP contribution in [0.2, 0.25) is 0 Å². The van der Waals surface area contributed by atoms with Crippen LogP contribution in [0.4, 0.5) is 0 Å². The predicted octanol–water partition coefficient (Wildman–Crippen LogP) is 3.51. The maximum Gasteiger partial charge on any atom is 0.340 e. The highest BCUT2D eigenvalue weighted by atomic mass is 16.6. The normalized spacial score (nSPS) is 11.8. The van der Waals surface area contributed by atoms with E-state index in [1.165, 1.54) is 0 Å². The Kier molecular flexibility index (Phi) is 5.33. The second-order valence-electron chi connectivity index (χ2n) is 4.34. The zero-order valence-electron chi connectivity index (χ0n) is 11.5. The van der Waals surface area contributed by atoms with Gasteiger partial charge in [-0.15, -0.1) is 0 Å². The number of hydrogen-bond acceptors (Lipinski definition) is 3. The number of rotatable bonds is 6. The molecule has 1 atom stereocenters. The van der Waals surface area contributed by atoms with Gasteiger partial charge in [0.1, 0.15) is 6.61 Å². The van der Waals surface area contributed by atoms with E-state index in [1.807, 2.05) is 67.6 Å². The Bertz CT molecular complexity index is 522. The monoisotopic (exact) mass is 270 g/mol. The van der Waals surface area contributed by atoms with Crippen LogP contribution in [0.25, 0.3) is 0 Å². The summed E-state index contributed by atoms with van der Waals surface area (Å²) in [6.45, 7) is 2.58. The van der Waals surface area contributed by atoms with E-state index in [9.17, 15) is 4.79 Å². The Balaban J connectivity index is 2.01. The molecule has 0 radical (unpaired) electrons. The first kappa shape index (κ1) is 14.3. The fourth-order valence-corrected chi connectivity index (χ4v) is 1.90. The fourth-order valence-electron chi connectivity index (χ4n) is 1.90. The Morgan fingerprint density at radius 1 is 1.00 bits per heavy atom. The van der Waals surface area contributed by atoms with Crippen LogP contribution in [-0.4, -0.2) is 12.6 Å². The van der Waals surface area contributed by atoms with E-state index in [1.54, 1.807) is 0 Å². The standard InChI is InChI=1S/C17H18O3/c1-2-19-16(15-11-7-4-8-12-15)17(18)20-13-14-9-5-3-6-10-14/h3-12,16H,2,13H2,1H3/t16-/m1/s1. The van der Waals surface area contributed by atoms with Gasteiger partial charge >= 0.3 is 5.97 Å². The SMILES string of the molecule is CCO[C@@H](C(=O)OCc1ccccc1)c1ccccc1. The van der Waals surface area contributed by atoms with Crippen LogP contribution in [0.15, 0.2) is 60.7 Å². The summed E-state index contributed by atoms with van der Waals surface area (Å²) in [5.41, 5.74) is 1.77. The van der Waals surface area contributed by atoms with Gasteiger partial charge in [-0.2, -0.15) is 0 Å². The first-order valence-corrected chi connectivity index (χ1v) is 6.68. The van der Waals surface area contributed by atoms with Crippen molar-refractivity contribution < 1.29 is 14.3 Å². The molecule has 2 aromatic rings. The van der Waals surface area contributed by atoms with E-state index >= 15 is 0 Å². The molecule has 0 heterocycles. The van der Waals surface area contributed by atoms with Crippen molar-refractivity contribution in [3.05, 3.63) is 71.8 Å². The van der Waals surface area contributed by atoms with E-state index in [-0.39, 0.29) is 12.6 Å². The lowest BCUT2D eigenvalue weighted by Crippen LogP contribution is -2.19. The van der Waals surface area contributed by atoms with Crippen LogP contribution in [-0.2, 0) is 20.9 Å². The Morgan fingerprint density at radius 2 is 1.60 bits per heavy atom. The van der Waals surface area contributed by atoms with Crippen molar-refractivity contribution in [3.8, 4) is 0 Å². The van der Waals surface area contributed by atoms with Crippen LogP contribution in [0.3, 0.4) is 0 Å². The van der Waals surface area contributed by atoms with Gasteiger partial charge < -0.3 is 9.47 Å². The molecule has 2 aromatic carbocycles. The number of benzene rings is 2. The molecule has 2 rings (SSSR count). The Morgan fingerprint density at radius 3 is 2.20 bits per heavy atom. The van der Waals surface area contributed by atoms with Crippen molar-refractivity contribution in [3.63, 3.8) is 0 Å². The van der Waals surface area contributed by atoms with Crippen molar-refractivity contribution in [1.82, 2.24) is 0 Å². The number of ether oxygens (including phenoxy) is 2. The molecule has 3 heteroatoms. The fraction of sp³-hybridized carbons (Fsp3) is 0.235. The quantitative estimate of drug-likeness (QED) is 0.753. The van der Waals surface area contributed by atoms with Crippen molar-refractivity contribution >= 4 is 5.97 Å². The minimum atomic E-state index is -0.662. The molecule has 0 fully saturated rings. The lowest BCUT2D eigenvalue weighted by atomic mass is 10.1. The Hall–Kier alpha value is -2.13. The third-order valence-electron chi connectivity index (χ3n) is 2.87. The summed E-state index contributed by atoms with van der Waals surface area (Å²) in [7, 11) is 0. The molecule has 0 aliphatic rings. The molecular formula is C17H18O3. The number of esters is 1. The summed E-state index contributed by atoms with van der Waals surface area (Å²) in [5.74, 6) is -0.359. The minimum absolute atomic E-state index is 0.260. The molecule has 20 heavy (non-hydrogen) atoms. The summed E-state index contributed by atoms with van der Waals surface area (Å²) >= 11 is 0. The largest absolute Gasteiger partial charge is 0.459 e. The summed E-state index contributed by atoms with van der Waals surface area (Å²) in [4.78, 5) is 12.2. The third kappa shape index (κ3) is 3.93. The van der Waals surface area contributed by atoms with Crippen LogP contribution in [0.1, 0.15) is 24.2 Å². The van der Waals surface area contributed by atoms with Gasteiger partial charge in [0, 0.05) is 6.61 Å². The molecule has 0 saturated carbocycles. The number of carbonyl (C=O) groups is 1. The van der Waals surface area contributed by atoms with Crippen LogP contribution in [0.5, 0.6) is 0 Å². The van der Waals surface area contributed by atoms with Crippen molar-refractivity contribution in [2.24, 2.45) is 0 Å². The van der Waals surface area contributed by atoms with E-state index in [0.29, 0.717) is 6.61 Å². The smallest absolute Gasteiger partial charge is 0.340 e. The molecule has 0 saturated heterocycles. The zero-order valence-corrected chi connectivity index (χ0v) is 11.5. The van der Waals surface area contributed by atoms with Gasteiger partial charge in [-0.1, -0.05) is 60.7 Å². The zero-order chi connectivity index (χ0) is 14.2. The van der Waals surface area contributed by atoms with Gasteiger partial charge in [0.25, 0.3) is 0 Å². The summed E-state index contributed by atoms with van der Waals surface area (Å²) in [6.07, 6.45) is -0.662. The van der Waals surface area contributed by atoms with E-state index in [0.717, 1.165) is 11.1 Å².